The number of rotatable bonds is 3. The fraction of sp³-hybridized carbons (Fsp3) is 0.0625. The number of carbonyl (C=O) groups is 1. The lowest BCUT2D eigenvalue weighted by Crippen LogP contribution is -2.28. The number of nitrogens with zero attached hydrogens (tertiary/aromatic N) is 2. The number of anilines is 1. The molecule has 1 heterocycles. The maximum Gasteiger partial charge on any atom is 0.261 e. The summed E-state index contributed by atoms with van der Waals surface area (Å²) >= 11 is 2.11. The second kappa shape index (κ2) is 6.45. The third kappa shape index (κ3) is 3.39. The maximum absolute atomic E-state index is 13.3. The van der Waals surface area contributed by atoms with Gasteiger partial charge in [0, 0.05) is 3.57 Å². The molecular formula is C16H11FIN3O2. The fourth-order valence-electron chi connectivity index (χ4n) is 2.15. The first kappa shape index (κ1) is 15.6. The van der Waals surface area contributed by atoms with Crippen LogP contribution in [0.5, 0.6) is 0 Å². The highest BCUT2D eigenvalue weighted by Crippen LogP contribution is 2.16. The number of halogens is 2. The second-order valence-corrected chi connectivity index (χ2v) is 6.03. The molecule has 23 heavy (non-hydrogen) atoms. The number of hydrogen-bond donors (Lipinski definition) is 1. The fourth-order valence-corrected chi connectivity index (χ4v) is 2.67. The predicted octanol–water partition coefficient (Wildman–Crippen LogP) is 2.78. The predicted molar refractivity (Wildman–Crippen MR) is 93.7 cm³/mol. The van der Waals surface area contributed by atoms with Crippen molar-refractivity contribution < 1.29 is 9.18 Å². The molecule has 0 atom stereocenters. The minimum absolute atomic E-state index is 0.148. The van der Waals surface area contributed by atoms with Crippen LogP contribution in [0.25, 0.3) is 10.9 Å². The van der Waals surface area contributed by atoms with Crippen molar-refractivity contribution in [2.45, 2.75) is 6.54 Å². The minimum atomic E-state index is -0.516. The van der Waals surface area contributed by atoms with Crippen LogP contribution in [0.1, 0.15) is 0 Å². The van der Waals surface area contributed by atoms with Gasteiger partial charge in [-0.3, -0.25) is 14.2 Å². The number of amides is 1. The van der Waals surface area contributed by atoms with Gasteiger partial charge < -0.3 is 5.32 Å². The molecule has 0 bridgehead atoms. The number of fused-ring (bicyclic) bond motifs is 1. The van der Waals surface area contributed by atoms with Crippen LogP contribution in [0, 0.1) is 9.39 Å². The van der Waals surface area contributed by atoms with Gasteiger partial charge in [0.1, 0.15) is 12.4 Å². The highest BCUT2D eigenvalue weighted by Gasteiger charge is 2.10. The van der Waals surface area contributed by atoms with Gasteiger partial charge in [-0.1, -0.05) is 12.1 Å². The van der Waals surface area contributed by atoms with Crippen LogP contribution in [0.2, 0.25) is 0 Å². The molecule has 0 fully saturated rings. The van der Waals surface area contributed by atoms with E-state index in [4.69, 9.17) is 0 Å². The highest BCUT2D eigenvalue weighted by atomic mass is 127. The zero-order valence-electron chi connectivity index (χ0n) is 11.8. The Balaban J connectivity index is 1.87. The topological polar surface area (TPSA) is 64.0 Å². The molecule has 3 rings (SSSR count). The summed E-state index contributed by atoms with van der Waals surface area (Å²) in [6.07, 6.45) is 1.29. The Bertz CT molecular complexity index is 955. The minimum Gasteiger partial charge on any atom is -0.324 e. The summed E-state index contributed by atoms with van der Waals surface area (Å²) in [7, 11) is 0. The van der Waals surface area contributed by atoms with E-state index in [0.29, 0.717) is 11.2 Å². The Morgan fingerprint density at radius 2 is 2.04 bits per heavy atom. The van der Waals surface area contributed by atoms with Crippen LogP contribution < -0.4 is 10.9 Å². The molecule has 5 nitrogen and oxygen atoms in total. The molecule has 7 heteroatoms. The lowest BCUT2D eigenvalue weighted by atomic mass is 10.2. The molecule has 0 radical (unpaired) electrons. The number of benzene rings is 2. The van der Waals surface area contributed by atoms with Gasteiger partial charge in [-0.2, -0.15) is 0 Å². The molecule has 0 aliphatic heterocycles. The van der Waals surface area contributed by atoms with E-state index < -0.39 is 11.4 Å². The Kier molecular flexibility index (Phi) is 4.37. The van der Waals surface area contributed by atoms with Crippen molar-refractivity contribution in [1.82, 2.24) is 9.55 Å². The second-order valence-electron chi connectivity index (χ2n) is 4.87. The first-order chi connectivity index (χ1) is 11.0. The first-order valence-electron chi connectivity index (χ1n) is 6.73. The van der Waals surface area contributed by atoms with E-state index in [1.165, 1.54) is 18.5 Å². The van der Waals surface area contributed by atoms with Crippen molar-refractivity contribution >= 4 is 45.1 Å². The van der Waals surface area contributed by atoms with Gasteiger partial charge in [-0.25, -0.2) is 9.37 Å². The summed E-state index contributed by atoms with van der Waals surface area (Å²) in [6, 6.07) is 11.1. The Labute approximate surface area is 144 Å². The monoisotopic (exact) mass is 423 g/mol. The van der Waals surface area contributed by atoms with E-state index in [1.54, 1.807) is 6.07 Å². The Morgan fingerprint density at radius 1 is 1.26 bits per heavy atom. The van der Waals surface area contributed by atoms with Crippen molar-refractivity contribution in [3.05, 3.63) is 68.5 Å². The summed E-state index contributed by atoms with van der Waals surface area (Å²) in [5, 5.41) is 2.89. The molecule has 1 N–H and O–H groups in total. The third-order valence-electron chi connectivity index (χ3n) is 3.25. The zero-order valence-corrected chi connectivity index (χ0v) is 14.0. The number of aromatic nitrogens is 2. The van der Waals surface area contributed by atoms with Crippen LogP contribution in [-0.2, 0) is 11.3 Å². The van der Waals surface area contributed by atoms with E-state index in [-0.39, 0.29) is 17.8 Å². The molecule has 0 unspecified atom stereocenters. The molecular weight excluding hydrogens is 412 g/mol. The van der Waals surface area contributed by atoms with Gasteiger partial charge in [0.05, 0.1) is 22.9 Å². The first-order valence-corrected chi connectivity index (χ1v) is 7.81. The zero-order chi connectivity index (χ0) is 16.4. The largest absolute Gasteiger partial charge is 0.324 e. The van der Waals surface area contributed by atoms with E-state index in [2.05, 4.69) is 32.9 Å². The van der Waals surface area contributed by atoms with Crippen molar-refractivity contribution in [2.24, 2.45) is 0 Å². The molecule has 1 aromatic heterocycles. The smallest absolute Gasteiger partial charge is 0.261 e. The van der Waals surface area contributed by atoms with Gasteiger partial charge in [-0.15, -0.1) is 0 Å². The Morgan fingerprint density at radius 3 is 2.83 bits per heavy atom. The summed E-state index contributed by atoms with van der Waals surface area (Å²) in [4.78, 5) is 28.5. The van der Waals surface area contributed by atoms with Gasteiger partial charge in [0.2, 0.25) is 5.91 Å². The van der Waals surface area contributed by atoms with Crippen molar-refractivity contribution in [1.29, 1.82) is 0 Å². The summed E-state index contributed by atoms with van der Waals surface area (Å²) in [5.41, 5.74) is 0.615. The van der Waals surface area contributed by atoms with E-state index in [0.717, 1.165) is 14.2 Å². The van der Waals surface area contributed by atoms with Crippen molar-refractivity contribution in [3.63, 3.8) is 0 Å². The van der Waals surface area contributed by atoms with E-state index in [1.807, 2.05) is 18.2 Å². The molecule has 0 aliphatic carbocycles. The molecule has 0 aliphatic rings. The average molecular weight is 423 g/mol. The summed E-state index contributed by atoms with van der Waals surface area (Å²) < 4.78 is 15.3. The van der Waals surface area contributed by atoms with Crippen LogP contribution in [-0.4, -0.2) is 15.5 Å². The Hall–Kier alpha value is -2.29. The molecule has 0 saturated carbocycles. The van der Waals surface area contributed by atoms with Gasteiger partial charge >= 0.3 is 0 Å². The molecule has 1 amide bonds. The molecule has 2 aromatic carbocycles. The number of nitrogens with one attached hydrogen (secondary N) is 1. The third-order valence-corrected chi connectivity index (χ3v) is 4.19. The average Bonchev–Trinajstić information content (AvgIpc) is 2.53. The molecule has 0 saturated heterocycles. The molecule has 116 valence electrons. The van der Waals surface area contributed by atoms with Crippen LogP contribution in [0.4, 0.5) is 10.1 Å². The van der Waals surface area contributed by atoms with Crippen LogP contribution >= 0.6 is 22.6 Å². The SMILES string of the molecule is O=C(Cn1cnc2ccc(F)cc2c1=O)Nc1ccccc1I. The van der Waals surface area contributed by atoms with Crippen LogP contribution in [0.15, 0.2) is 53.6 Å². The quantitative estimate of drug-likeness (QED) is 0.660. The lowest BCUT2D eigenvalue weighted by Gasteiger charge is -2.09. The van der Waals surface area contributed by atoms with Crippen LogP contribution in [0.3, 0.4) is 0 Å². The normalized spacial score (nSPS) is 10.7. The van der Waals surface area contributed by atoms with Gasteiger partial charge in [0.15, 0.2) is 0 Å². The van der Waals surface area contributed by atoms with Gasteiger partial charge in [0.25, 0.3) is 5.56 Å². The number of para-hydroxylation sites is 1. The van der Waals surface area contributed by atoms with Crippen molar-refractivity contribution in [3.8, 4) is 0 Å². The highest BCUT2D eigenvalue weighted by molar-refractivity contribution is 14.1. The standard InChI is InChI=1S/C16H11FIN3O2/c17-10-5-6-13-11(7-10)16(23)21(9-19-13)8-15(22)20-14-4-2-1-3-12(14)18/h1-7,9H,8H2,(H,20,22). The summed E-state index contributed by atoms with van der Waals surface area (Å²) in [5.74, 6) is -0.869. The number of carbonyl (C=O) groups excluding carboxylic acids is 1. The van der Waals surface area contributed by atoms with E-state index >= 15 is 0 Å². The van der Waals surface area contributed by atoms with Gasteiger partial charge in [-0.05, 0) is 52.9 Å². The van der Waals surface area contributed by atoms with E-state index in [9.17, 15) is 14.0 Å². The molecule has 0 spiro atoms. The molecule has 3 aromatic rings. The maximum atomic E-state index is 13.3. The summed E-state index contributed by atoms with van der Waals surface area (Å²) in [6.45, 7) is -0.191. The lowest BCUT2D eigenvalue weighted by molar-refractivity contribution is -0.116. The van der Waals surface area contributed by atoms with Crippen molar-refractivity contribution in [2.75, 3.05) is 5.32 Å². The number of hydrogen-bond acceptors (Lipinski definition) is 3.